The molecule has 4 aliphatic carbocycles. The molecule has 0 aliphatic heterocycles. The molecule has 0 amide bonds. The van der Waals surface area contributed by atoms with Crippen LogP contribution in [-0.4, -0.2) is 11.2 Å². The third-order valence-corrected chi connectivity index (χ3v) is 9.62. The van der Waals surface area contributed by atoms with Gasteiger partial charge >= 0.3 is 0 Å². The van der Waals surface area contributed by atoms with Crippen LogP contribution >= 0.6 is 0 Å². The van der Waals surface area contributed by atoms with Gasteiger partial charge in [0.2, 0.25) is 0 Å². The van der Waals surface area contributed by atoms with Gasteiger partial charge in [0.25, 0.3) is 0 Å². The molecule has 0 spiro atoms. The lowest BCUT2D eigenvalue weighted by Crippen LogP contribution is -2.32. The quantitative estimate of drug-likeness (QED) is 0.474. The zero-order chi connectivity index (χ0) is 21.1. The number of aliphatic hydroxyl groups excluding tert-OH is 1. The van der Waals surface area contributed by atoms with Gasteiger partial charge in [-0.3, -0.25) is 0 Å². The van der Waals surface area contributed by atoms with E-state index in [9.17, 15) is 5.11 Å². The Morgan fingerprint density at radius 2 is 1.00 bits per heavy atom. The van der Waals surface area contributed by atoms with Gasteiger partial charge in [0.1, 0.15) is 11.7 Å². The van der Waals surface area contributed by atoms with E-state index in [1.54, 1.807) is 0 Å². The van der Waals surface area contributed by atoms with Crippen molar-refractivity contribution >= 4 is 0 Å². The van der Waals surface area contributed by atoms with E-state index in [2.05, 4.69) is 6.92 Å². The van der Waals surface area contributed by atoms with Crippen LogP contribution in [0.3, 0.4) is 0 Å². The smallest absolute Gasteiger partial charge is 0.135 e. The van der Waals surface area contributed by atoms with Crippen molar-refractivity contribution in [1.29, 1.82) is 0 Å². The van der Waals surface area contributed by atoms with Crippen molar-refractivity contribution in [1.82, 2.24) is 0 Å². The number of rotatable bonds is 5. The average Bonchev–Trinajstić information content (AvgIpc) is 2.77. The third kappa shape index (κ3) is 5.13. The van der Waals surface area contributed by atoms with Gasteiger partial charge in [0.15, 0.2) is 0 Å². The summed E-state index contributed by atoms with van der Waals surface area (Å²) in [4.78, 5) is 0. The Morgan fingerprint density at radius 3 is 1.47 bits per heavy atom. The van der Waals surface area contributed by atoms with E-state index in [1.165, 1.54) is 38.5 Å². The maximum atomic E-state index is 15.2. The second-order valence-electron chi connectivity index (χ2n) is 11.3. The van der Waals surface area contributed by atoms with Gasteiger partial charge in [-0.1, -0.05) is 32.6 Å². The highest BCUT2D eigenvalue weighted by Gasteiger charge is 2.41. The molecule has 0 bridgehead atoms. The lowest BCUT2D eigenvalue weighted by molar-refractivity contribution is 0.0685. The van der Waals surface area contributed by atoms with Crippen LogP contribution in [-0.2, 0) is 0 Å². The molecule has 2 atom stereocenters. The second-order valence-corrected chi connectivity index (χ2v) is 11.3. The minimum Gasteiger partial charge on any atom is -0.393 e. The van der Waals surface area contributed by atoms with Crippen molar-refractivity contribution < 1.29 is 13.9 Å². The van der Waals surface area contributed by atoms with Gasteiger partial charge in [-0.25, -0.2) is 8.78 Å². The average molecular weight is 423 g/mol. The molecule has 0 radical (unpaired) electrons. The van der Waals surface area contributed by atoms with Crippen LogP contribution in [0.4, 0.5) is 8.78 Å². The zero-order valence-corrected chi connectivity index (χ0v) is 19.1. The van der Waals surface area contributed by atoms with Crippen molar-refractivity contribution in [2.75, 3.05) is 0 Å². The molecule has 3 fully saturated rings. The third-order valence-electron chi connectivity index (χ3n) is 9.62. The van der Waals surface area contributed by atoms with Crippen LogP contribution in [0.25, 0.3) is 0 Å². The molecule has 1 nitrogen and oxygen atoms in total. The van der Waals surface area contributed by atoms with Crippen molar-refractivity contribution in [2.24, 2.45) is 41.4 Å². The van der Waals surface area contributed by atoms with Crippen molar-refractivity contribution in [3.05, 3.63) is 11.7 Å². The molecular weight excluding hydrogens is 378 g/mol. The van der Waals surface area contributed by atoms with E-state index in [-0.39, 0.29) is 29.6 Å². The van der Waals surface area contributed by atoms with E-state index in [0.717, 1.165) is 82.0 Å². The van der Waals surface area contributed by atoms with Crippen LogP contribution in [0.2, 0.25) is 0 Å². The van der Waals surface area contributed by atoms with Crippen LogP contribution in [0.5, 0.6) is 0 Å². The van der Waals surface area contributed by atoms with Crippen molar-refractivity contribution in [3.63, 3.8) is 0 Å². The molecule has 3 heteroatoms. The summed E-state index contributed by atoms with van der Waals surface area (Å²) in [6, 6.07) is 0. The van der Waals surface area contributed by atoms with Crippen LogP contribution in [0.15, 0.2) is 11.7 Å². The molecular formula is C27H44F2O. The molecule has 0 aromatic rings. The maximum Gasteiger partial charge on any atom is 0.135 e. The van der Waals surface area contributed by atoms with E-state index in [4.69, 9.17) is 0 Å². The Labute approximate surface area is 183 Å². The first-order valence-electron chi connectivity index (χ1n) is 13.3. The van der Waals surface area contributed by atoms with Crippen molar-refractivity contribution in [3.8, 4) is 0 Å². The highest BCUT2D eigenvalue weighted by molar-refractivity contribution is 5.14. The van der Waals surface area contributed by atoms with E-state index in [0.29, 0.717) is 11.8 Å². The summed E-state index contributed by atoms with van der Waals surface area (Å²) in [6.07, 6.45) is 17.6. The van der Waals surface area contributed by atoms with Gasteiger partial charge in [0, 0.05) is 11.8 Å². The predicted molar refractivity (Wildman–Crippen MR) is 119 cm³/mol. The minimum atomic E-state index is -0.355. The molecule has 4 rings (SSSR count). The van der Waals surface area contributed by atoms with Gasteiger partial charge in [-0.15, -0.1) is 0 Å². The molecule has 0 aromatic carbocycles. The molecule has 30 heavy (non-hydrogen) atoms. The summed E-state index contributed by atoms with van der Waals surface area (Å²) in [7, 11) is 0. The summed E-state index contributed by atoms with van der Waals surface area (Å²) in [5.41, 5.74) is 0. The highest BCUT2D eigenvalue weighted by Crippen LogP contribution is 2.50. The molecule has 0 aromatic heterocycles. The molecule has 172 valence electrons. The molecule has 0 heterocycles. The van der Waals surface area contributed by atoms with E-state index in [1.807, 2.05) is 0 Å². The lowest BCUT2D eigenvalue weighted by atomic mass is 9.65. The first kappa shape index (κ1) is 22.7. The Morgan fingerprint density at radius 1 is 0.600 bits per heavy atom. The SMILES string of the molecule is CCCC1CCC(C2CCC(C3CCC(C4CCC(O)CC4)CC3)C(F)=C2F)CC1. The minimum absolute atomic E-state index is 0.0864. The lowest BCUT2D eigenvalue weighted by Gasteiger charge is -2.41. The number of halogens is 2. The Bertz CT molecular complexity index is 563. The molecule has 2 unspecified atom stereocenters. The molecule has 1 N–H and O–H groups in total. The number of allylic oxidation sites excluding steroid dienone is 2. The van der Waals surface area contributed by atoms with Crippen LogP contribution in [0, 0.1) is 41.4 Å². The maximum absolute atomic E-state index is 15.2. The fourth-order valence-corrected chi connectivity index (χ4v) is 7.73. The monoisotopic (exact) mass is 422 g/mol. The largest absolute Gasteiger partial charge is 0.393 e. The first-order valence-corrected chi connectivity index (χ1v) is 13.3. The topological polar surface area (TPSA) is 20.2 Å². The standard InChI is InChI=1S/C27H44F2O/c1-2-3-18-4-6-21(7-5-18)24-16-17-25(27(29)26(24)28)22-10-8-19(9-11-22)20-12-14-23(30)15-13-20/h18-25,30H,2-17H2,1H3. The van der Waals surface area contributed by atoms with Crippen LogP contribution in [0.1, 0.15) is 110 Å². The second kappa shape index (κ2) is 10.5. The number of hydrogen-bond acceptors (Lipinski definition) is 1. The number of hydrogen-bond donors (Lipinski definition) is 1. The van der Waals surface area contributed by atoms with Gasteiger partial charge < -0.3 is 5.11 Å². The Kier molecular flexibility index (Phi) is 7.92. The highest BCUT2D eigenvalue weighted by atomic mass is 19.2. The predicted octanol–water partition coefficient (Wildman–Crippen LogP) is 8.13. The molecule has 4 aliphatic rings. The fourth-order valence-electron chi connectivity index (χ4n) is 7.73. The summed E-state index contributed by atoms with van der Waals surface area (Å²) < 4.78 is 30.4. The Hall–Kier alpha value is -0.440. The summed E-state index contributed by atoms with van der Waals surface area (Å²) in [5, 5.41) is 9.76. The zero-order valence-electron chi connectivity index (χ0n) is 19.1. The summed E-state index contributed by atoms with van der Waals surface area (Å²) >= 11 is 0. The van der Waals surface area contributed by atoms with Gasteiger partial charge in [-0.2, -0.15) is 0 Å². The van der Waals surface area contributed by atoms with Crippen LogP contribution < -0.4 is 0 Å². The summed E-state index contributed by atoms with van der Waals surface area (Å²) in [6.45, 7) is 2.25. The van der Waals surface area contributed by atoms with Gasteiger partial charge in [0.05, 0.1) is 6.10 Å². The number of aliphatic hydroxyl groups is 1. The van der Waals surface area contributed by atoms with E-state index < -0.39 is 0 Å². The fraction of sp³-hybridized carbons (Fsp3) is 0.926. The summed E-state index contributed by atoms with van der Waals surface area (Å²) in [5.74, 6) is 2.07. The van der Waals surface area contributed by atoms with Crippen molar-refractivity contribution in [2.45, 2.75) is 116 Å². The first-order chi connectivity index (χ1) is 14.6. The van der Waals surface area contributed by atoms with Gasteiger partial charge in [-0.05, 0) is 107 Å². The van der Waals surface area contributed by atoms with E-state index >= 15 is 8.78 Å². The normalized spacial score (nSPS) is 43.6. The Balaban J connectivity index is 1.29. The molecule has 3 saturated carbocycles. The molecule has 0 saturated heterocycles.